The zero-order valence-electron chi connectivity index (χ0n) is 11.8. The average molecular weight is 365 g/mol. The number of hydrogen-bond acceptors (Lipinski definition) is 4. The van der Waals surface area contributed by atoms with E-state index in [-0.39, 0.29) is 5.91 Å². The predicted octanol–water partition coefficient (Wildman–Crippen LogP) is 4.14. The number of halogens is 4. The van der Waals surface area contributed by atoms with Crippen LogP contribution in [0.1, 0.15) is 12.5 Å². The number of thioether (sulfide) groups is 1. The highest BCUT2D eigenvalue weighted by Crippen LogP contribution is 2.33. The molecule has 23 heavy (non-hydrogen) atoms. The summed E-state index contributed by atoms with van der Waals surface area (Å²) in [7, 11) is 0. The topological polar surface area (TPSA) is 29.5 Å². The van der Waals surface area contributed by atoms with E-state index in [4.69, 9.17) is 12.2 Å². The summed E-state index contributed by atoms with van der Waals surface area (Å²) in [6.07, 6.45) is -7.07. The zero-order valence-corrected chi connectivity index (χ0v) is 13.4. The van der Waals surface area contributed by atoms with Gasteiger partial charge < -0.3 is 4.74 Å². The number of alkyl halides is 4. The normalized spacial score (nSPS) is 17.5. The van der Waals surface area contributed by atoms with Crippen molar-refractivity contribution in [1.29, 1.82) is 0 Å². The maximum Gasteiger partial charge on any atom is 0.461 e. The predicted molar refractivity (Wildman–Crippen MR) is 83.6 cm³/mol. The largest absolute Gasteiger partial charge is 0.461 e. The van der Waals surface area contributed by atoms with E-state index in [1.807, 2.05) is 0 Å². The third kappa shape index (κ3) is 4.03. The summed E-state index contributed by atoms with van der Waals surface area (Å²) >= 11 is 6.14. The van der Waals surface area contributed by atoms with Gasteiger partial charge in [0.1, 0.15) is 10.1 Å². The minimum Gasteiger partial charge on any atom is -0.428 e. The van der Waals surface area contributed by atoms with E-state index in [2.05, 4.69) is 4.74 Å². The first kappa shape index (κ1) is 17.7. The number of benzene rings is 1. The Hall–Kier alpha value is -1.61. The Bertz CT molecular complexity index is 664. The van der Waals surface area contributed by atoms with Crippen LogP contribution in [0.25, 0.3) is 6.08 Å². The van der Waals surface area contributed by atoms with Gasteiger partial charge in [-0.25, -0.2) is 0 Å². The third-order valence-electron chi connectivity index (χ3n) is 2.85. The molecular weight excluding hydrogens is 354 g/mol. The SMILES string of the molecule is CCN1C(=O)/C(=C/c2cccc(OC(F)(F)C(F)F)c2)SC1=S. The van der Waals surface area contributed by atoms with E-state index in [1.165, 1.54) is 23.1 Å². The van der Waals surface area contributed by atoms with Crippen molar-refractivity contribution in [3.63, 3.8) is 0 Å². The number of rotatable bonds is 5. The molecule has 0 radical (unpaired) electrons. The monoisotopic (exact) mass is 365 g/mol. The first-order valence-corrected chi connectivity index (χ1v) is 7.67. The highest BCUT2D eigenvalue weighted by Gasteiger charge is 2.44. The molecule has 0 aliphatic carbocycles. The number of nitrogens with zero attached hydrogens (tertiary/aromatic N) is 1. The maximum absolute atomic E-state index is 12.9. The fraction of sp³-hybridized carbons (Fsp3) is 0.286. The second kappa shape index (κ2) is 6.88. The van der Waals surface area contributed by atoms with Crippen LogP contribution >= 0.6 is 24.0 Å². The molecule has 0 saturated carbocycles. The minimum atomic E-state index is -4.58. The molecule has 0 N–H and O–H groups in total. The summed E-state index contributed by atoms with van der Waals surface area (Å²) < 4.78 is 54.5. The molecule has 3 nitrogen and oxygen atoms in total. The number of ether oxygens (including phenoxy) is 1. The molecule has 9 heteroatoms. The molecule has 1 fully saturated rings. The van der Waals surface area contributed by atoms with Crippen LogP contribution in [0.5, 0.6) is 5.75 Å². The molecule has 0 aromatic heterocycles. The highest BCUT2D eigenvalue weighted by atomic mass is 32.2. The van der Waals surface area contributed by atoms with Crippen LogP contribution in [0.3, 0.4) is 0 Å². The van der Waals surface area contributed by atoms with Gasteiger partial charge in [-0.15, -0.1) is 0 Å². The van der Waals surface area contributed by atoms with E-state index in [0.717, 1.165) is 23.9 Å². The molecule has 0 bridgehead atoms. The van der Waals surface area contributed by atoms with Gasteiger partial charge >= 0.3 is 12.5 Å². The van der Waals surface area contributed by atoms with E-state index < -0.39 is 18.3 Å². The molecule has 1 aromatic rings. The van der Waals surface area contributed by atoms with Crippen LogP contribution in [0.15, 0.2) is 29.2 Å². The summed E-state index contributed by atoms with van der Waals surface area (Å²) in [5, 5.41) is 0. The van der Waals surface area contributed by atoms with Crippen molar-refractivity contribution < 1.29 is 27.1 Å². The lowest BCUT2D eigenvalue weighted by atomic mass is 10.2. The van der Waals surface area contributed by atoms with Crippen molar-refractivity contribution in [1.82, 2.24) is 4.90 Å². The number of thiocarbonyl (C=S) groups is 1. The summed E-state index contributed by atoms with van der Waals surface area (Å²) in [6, 6.07) is 5.18. The van der Waals surface area contributed by atoms with Crippen molar-refractivity contribution in [2.45, 2.75) is 19.5 Å². The Morgan fingerprint density at radius 1 is 1.43 bits per heavy atom. The molecule has 124 valence electrons. The second-order valence-corrected chi connectivity index (χ2v) is 6.14. The molecule has 1 aromatic carbocycles. The smallest absolute Gasteiger partial charge is 0.428 e. The van der Waals surface area contributed by atoms with Crippen LogP contribution in [0.4, 0.5) is 17.6 Å². The van der Waals surface area contributed by atoms with Gasteiger partial charge in [0.15, 0.2) is 0 Å². The molecule has 1 aliphatic heterocycles. The van der Waals surface area contributed by atoms with Crippen LogP contribution < -0.4 is 4.74 Å². The number of carbonyl (C=O) groups is 1. The molecule has 0 unspecified atom stereocenters. The van der Waals surface area contributed by atoms with Crippen LogP contribution in [-0.2, 0) is 4.79 Å². The quantitative estimate of drug-likeness (QED) is 0.446. The van der Waals surface area contributed by atoms with Gasteiger partial charge in [0.25, 0.3) is 5.91 Å². The molecule has 1 heterocycles. The van der Waals surface area contributed by atoms with Gasteiger partial charge in [-0.3, -0.25) is 9.69 Å². The van der Waals surface area contributed by atoms with E-state index in [1.54, 1.807) is 6.92 Å². The van der Waals surface area contributed by atoms with Gasteiger partial charge in [0.2, 0.25) is 0 Å². The summed E-state index contributed by atoms with van der Waals surface area (Å²) in [6.45, 7) is 2.19. The molecule has 1 saturated heterocycles. The van der Waals surface area contributed by atoms with Gasteiger partial charge in [0.05, 0.1) is 4.91 Å². The zero-order chi connectivity index (χ0) is 17.2. The lowest BCUT2D eigenvalue weighted by Gasteiger charge is -2.16. The average Bonchev–Trinajstić information content (AvgIpc) is 2.72. The van der Waals surface area contributed by atoms with Crippen molar-refractivity contribution in [3.05, 3.63) is 34.7 Å². The van der Waals surface area contributed by atoms with E-state index in [0.29, 0.717) is 21.3 Å². The fourth-order valence-electron chi connectivity index (χ4n) is 1.79. The van der Waals surface area contributed by atoms with Gasteiger partial charge in [-0.1, -0.05) is 36.1 Å². The highest BCUT2D eigenvalue weighted by molar-refractivity contribution is 8.26. The van der Waals surface area contributed by atoms with Gasteiger partial charge in [-0.05, 0) is 30.7 Å². The van der Waals surface area contributed by atoms with Gasteiger partial charge in [0, 0.05) is 6.54 Å². The van der Waals surface area contributed by atoms with E-state index in [9.17, 15) is 22.4 Å². The Morgan fingerprint density at radius 3 is 2.70 bits per heavy atom. The van der Waals surface area contributed by atoms with Gasteiger partial charge in [-0.2, -0.15) is 17.6 Å². The lowest BCUT2D eigenvalue weighted by Crippen LogP contribution is -2.33. The number of hydrogen-bond donors (Lipinski definition) is 0. The second-order valence-electron chi connectivity index (χ2n) is 4.46. The first-order valence-electron chi connectivity index (χ1n) is 6.45. The molecule has 1 aliphatic rings. The third-order valence-corrected chi connectivity index (χ3v) is 4.23. The van der Waals surface area contributed by atoms with Crippen molar-refractivity contribution in [2.75, 3.05) is 6.54 Å². The Morgan fingerprint density at radius 2 is 2.13 bits per heavy atom. The Kier molecular flexibility index (Phi) is 5.30. The summed E-state index contributed by atoms with van der Waals surface area (Å²) in [5.41, 5.74) is 0.365. The first-order chi connectivity index (χ1) is 10.7. The molecule has 0 atom stereocenters. The molecule has 0 spiro atoms. The minimum absolute atomic E-state index is 0.285. The number of likely N-dealkylation sites (N-methyl/N-ethyl adjacent to an activating group) is 1. The Balaban J connectivity index is 2.23. The maximum atomic E-state index is 12.9. The summed E-state index contributed by atoms with van der Waals surface area (Å²) in [5.74, 6) is -0.707. The van der Waals surface area contributed by atoms with Crippen molar-refractivity contribution in [2.24, 2.45) is 0 Å². The van der Waals surface area contributed by atoms with Crippen LogP contribution in [-0.4, -0.2) is 34.2 Å². The fourth-order valence-corrected chi connectivity index (χ4v) is 3.18. The standard InChI is InChI=1S/C14H11F4NO2S2/c1-2-19-11(20)10(23-13(19)22)7-8-4-3-5-9(6-8)21-14(17,18)12(15)16/h3-7,12H,2H2,1H3/b10-7-. The number of carbonyl (C=O) groups excluding carboxylic acids is 1. The van der Waals surface area contributed by atoms with Crippen LogP contribution in [0, 0.1) is 0 Å². The summed E-state index contributed by atoms with van der Waals surface area (Å²) in [4.78, 5) is 13.8. The van der Waals surface area contributed by atoms with Crippen LogP contribution in [0.2, 0.25) is 0 Å². The molecule has 2 rings (SSSR count). The molecular formula is C14H11F4NO2S2. The van der Waals surface area contributed by atoms with Crippen molar-refractivity contribution in [3.8, 4) is 5.75 Å². The van der Waals surface area contributed by atoms with Crippen molar-refractivity contribution >= 4 is 40.3 Å². The number of amides is 1. The van der Waals surface area contributed by atoms with E-state index >= 15 is 0 Å². The molecule has 1 amide bonds. The Labute approximate surface area is 139 Å². The lowest BCUT2D eigenvalue weighted by molar-refractivity contribution is -0.253.